The Kier molecular flexibility index (Phi) is 2.56. The monoisotopic (exact) mass is 252 g/mol. The van der Waals surface area contributed by atoms with Gasteiger partial charge < -0.3 is 9.64 Å². The number of anilines is 1. The second-order valence-corrected chi connectivity index (χ2v) is 5.59. The van der Waals surface area contributed by atoms with Gasteiger partial charge >= 0.3 is 0 Å². The van der Waals surface area contributed by atoms with Crippen LogP contribution in [0.25, 0.3) is 4.96 Å². The predicted octanol–water partition coefficient (Wildman–Crippen LogP) is 1.71. The molecule has 17 heavy (non-hydrogen) atoms. The average Bonchev–Trinajstić information content (AvgIpc) is 2.72. The van der Waals surface area contributed by atoms with Crippen LogP contribution in [0.2, 0.25) is 0 Å². The second kappa shape index (κ2) is 3.96. The van der Waals surface area contributed by atoms with Crippen LogP contribution in [0.1, 0.15) is 19.5 Å². The van der Waals surface area contributed by atoms with Gasteiger partial charge in [0.1, 0.15) is 0 Å². The fourth-order valence-corrected chi connectivity index (χ4v) is 3.21. The van der Waals surface area contributed by atoms with E-state index < -0.39 is 0 Å². The number of imidazole rings is 1. The van der Waals surface area contributed by atoms with E-state index in [4.69, 9.17) is 4.74 Å². The van der Waals surface area contributed by atoms with Gasteiger partial charge in [-0.25, -0.2) is 9.50 Å². The van der Waals surface area contributed by atoms with Crippen molar-refractivity contribution in [3.8, 4) is 0 Å². The van der Waals surface area contributed by atoms with Gasteiger partial charge in [0.2, 0.25) is 10.1 Å². The van der Waals surface area contributed by atoms with Gasteiger partial charge in [-0.05, 0) is 20.8 Å². The number of hydrogen-bond acceptors (Lipinski definition) is 5. The molecule has 1 aliphatic heterocycles. The smallest absolute Gasteiger partial charge is 0.214 e. The van der Waals surface area contributed by atoms with Crippen LogP contribution in [0.15, 0.2) is 6.20 Å². The van der Waals surface area contributed by atoms with Crippen molar-refractivity contribution in [3.05, 3.63) is 11.9 Å². The third-order valence-electron chi connectivity index (χ3n) is 2.84. The predicted molar refractivity (Wildman–Crippen MR) is 67.8 cm³/mol. The quantitative estimate of drug-likeness (QED) is 0.775. The Labute approximate surface area is 104 Å². The summed E-state index contributed by atoms with van der Waals surface area (Å²) in [4.78, 5) is 7.68. The van der Waals surface area contributed by atoms with E-state index in [1.54, 1.807) is 11.3 Å². The number of ether oxygens (including phenoxy) is 1. The van der Waals surface area contributed by atoms with Crippen LogP contribution in [0.5, 0.6) is 0 Å². The summed E-state index contributed by atoms with van der Waals surface area (Å²) in [5, 5.41) is 5.61. The number of aromatic nitrogens is 3. The lowest BCUT2D eigenvalue weighted by atomic mass is 10.2. The molecule has 5 nitrogen and oxygen atoms in total. The molecule has 0 N–H and O–H groups in total. The van der Waals surface area contributed by atoms with E-state index in [1.807, 2.05) is 17.6 Å². The lowest BCUT2D eigenvalue weighted by Gasteiger charge is -2.34. The molecule has 0 aromatic carbocycles. The maximum Gasteiger partial charge on any atom is 0.214 e. The van der Waals surface area contributed by atoms with Gasteiger partial charge in [0.05, 0.1) is 24.1 Å². The summed E-state index contributed by atoms with van der Waals surface area (Å²) in [6.07, 6.45) is 2.48. The number of hydrogen-bond donors (Lipinski definition) is 0. The molecule has 92 valence electrons. The third-order valence-corrected chi connectivity index (χ3v) is 3.83. The summed E-state index contributed by atoms with van der Waals surface area (Å²) in [6, 6.07) is 0. The van der Waals surface area contributed by atoms with Gasteiger partial charge in [0.25, 0.3) is 0 Å². The molecule has 0 aliphatic carbocycles. The molecular weight excluding hydrogens is 236 g/mol. The molecular formula is C11H16N4OS. The van der Waals surface area contributed by atoms with Crippen molar-refractivity contribution in [1.82, 2.24) is 14.6 Å². The van der Waals surface area contributed by atoms with Crippen molar-refractivity contribution in [1.29, 1.82) is 0 Å². The lowest BCUT2D eigenvalue weighted by Crippen LogP contribution is -2.45. The van der Waals surface area contributed by atoms with Crippen molar-refractivity contribution in [2.75, 3.05) is 18.0 Å². The second-order valence-electron chi connectivity index (χ2n) is 4.66. The van der Waals surface area contributed by atoms with E-state index in [2.05, 4.69) is 28.8 Å². The Morgan fingerprint density at radius 3 is 2.71 bits per heavy atom. The summed E-state index contributed by atoms with van der Waals surface area (Å²) in [7, 11) is 0. The highest BCUT2D eigenvalue weighted by Gasteiger charge is 2.24. The van der Waals surface area contributed by atoms with Crippen LogP contribution in [-0.2, 0) is 4.74 Å². The normalized spacial score (nSPS) is 25.7. The number of rotatable bonds is 1. The number of nitrogens with zero attached hydrogens (tertiary/aromatic N) is 4. The summed E-state index contributed by atoms with van der Waals surface area (Å²) in [5.74, 6) is 0. The topological polar surface area (TPSA) is 42.7 Å². The Bertz CT molecular complexity index is 493. The number of fused-ring (bicyclic) bond motifs is 1. The number of aryl methyl sites for hydroxylation is 1. The highest BCUT2D eigenvalue weighted by Crippen LogP contribution is 2.25. The molecule has 1 aliphatic rings. The third kappa shape index (κ3) is 2.02. The molecule has 0 radical (unpaired) electrons. The first-order valence-electron chi connectivity index (χ1n) is 5.85. The Morgan fingerprint density at radius 2 is 2.06 bits per heavy atom. The molecule has 3 rings (SSSR count). The van der Waals surface area contributed by atoms with Crippen LogP contribution >= 0.6 is 11.3 Å². The SMILES string of the molecule is Cc1cn2nc(N3C[C@H](C)O[C@@H](C)C3)sc2n1. The van der Waals surface area contributed by atoms with Crippen molar-refractivity contribution in [2.45, 2.75) is 33.0 Å². The zero-order valence-corrected chi connectivity index (χ0v) is 11.1. The highest BCUT2D eigenvalue weighted by atomic mass is 32.1. The zero-order valence-electron chi connectivity index (χ0n) is 10.3. The van der Waals surface area contributed by atoms with E-state index in [0.717, 1.165) is 28.9 Å². The van der Waals surface area contributed by atoms with Crippen LogP contribution in [0.4, 0.5) is 5.13 Å². The van der Waals surface area contributed by atoms with Crippen molar-refractivity contribution in [3.63, 3.8) is 0 Å². The summed E-state index contributed by atoms with van der Waals surface area (Å²) in [6.45, 7) is 8.00. The molecule has 0 spiro atoms. The van der Waals surface area contributed by atoms with Gasteiger partial charge in [-0.2, -0.15) is 0 Å². The van der Waals surface area contributed by atoms with Crippen LogP contribution in [0, 0.1) is 6.92 Å². The van der Waals surface area contributed by atoms with Gasteiger partial charge in [0, 0.05) is 13.1 Å². The Morgan fingerprint density at radius 1 is 1.35 bits per heavy atom. The molecule has 1 fully saturated rings. The minimum absolute atomic E-state index is 0.261. The summed E-state index contributed by atoms with van der Waals surface area (Å²) in [5.41, 5.74) is 1.01. The van der Waals surface area contributed by atoms with Gasteiger partial charge in [0.15, 0.2) is 0 Å². The van der Waals surface area contributed by atoms with E-state index >= 15 is 0 Å². The standard InChI is InChI=1S/C11H16N4OS/c1-7-4-15-10(12-7)17-11(13-15)14-5-8(2)16-9(3)6-14/h4,8-9H,5-6H2,1-3H3/t8-,9-/m0/s1. The lowest BCUT2D eigenvalue weighted by molar-refractivity contribution is -0.00527. The molecule has 2 atom stereocenters. The summed E-state index contributed by atoms with van der Waals surface area (Å²) < 4.78 is 7.59. The van der Waals surface area contributed by atoms with Crippen molar-refractivity contribution in [2.24, 2.45) is 0 Å². The Balaban J connectivity index is 1.89. The van der Waals surface area contributed by atoms with E-state index in [9.17, 15) is 0 Å². The average molecular weight is 252 g/mol. The molecule has 3 heterocycles. The minimum atomic E-state index is 0.261. The minimum Gasteiger partial charge on any atom is -0.372 e. The van der Waals surface area contributed by atoms with E-state index in [-0.39, 0.29) is 12.2 Å². The van der Waals surface area contributed by atoms with E-state index in [1.165, 1.54) is 0 Å². The molecule has 2 aromatic rings. The van der Waals surface area contributed by atoms with Gasteiger partial charge in [-0.3, -0.25) is 0 Å². The zero-order chi connectivity index (χ0) is 12.0. The molecule has 6 heteroatoms. The number of morpholine rings is 1. The van der Waals surface area contributed by atoms with E-state index in [0.29, 0.717) is 0 Å². The van der Waals surface area contributed by atoms with Crippen LogP contribution in [0.3, 0.4) is 0 Å². The Hall–Kier alpha value is -1.14. The first-order valence-corrected chi connectivity index (χ1v) is 6.66. The molecule has 1 saturated heterocycles. The molecule has 2 aromatic heterocycles. The van der Waals surface area contributed by atoms with Gasteiger partial charge in [-0.15, -0.1) is 5.10 Å². The maximum absolute atomic E-state index is 5.73. The van der Waals surface area contributed by atoms with Crippen LogP contribution < -0.4 is 4.90 Å². The molecule has 0 bridgehead atoms. The van der Waals surface area contributed by atoms with Crippen molar-refractivity contribution >= 4 is 21.4 Å². The largest absolute Gasteiger partial charge is 0.372 e. The molecule has 0 amide bonds. The highest BCUT2D eigenvalue weighted by molar-refractivity contribution is 7.20. The van der Waals surface area contributed by atoms with Crippen LogP contribution in [-0.4, -0.2) is 39.9 Å². The first kappa shape index (κ1) is 11.0. The fourth-order valence-electron chi connectivity index (χ4n) is 2.26. The van der Waals surface area contributed by atoms with Crippen molar-refractivity contribution < 1.29 is 4.74 Å². The molecule has 0 saturated carbocycles. The maximum atomic E-state index is 5.73. The first-order chi connectivity index (χ1) is 8.11. The van der Waals surface area contributed by atoms with Gasteiger partial charge in [-0.1, -0.05) is 11.3 Å². The molecule has 0 unspecified atom stereocenters. The summed E-state index contributed by atoms with van der Waals surface area (Å²) >= 11 is 1.64. The fraction of sp³-hybridized carbons (Fsp3) is 0.636.